The molecule has 6 nitrogen and oxygen atoms in total. The van der Waals surface area contributed by atoms with Gasteiger partial charge < -0.3 is 19.8 Å². The first-order valence-corrected chi connectivity index (χ1v) is 9.60. The Hall–Kier alpha value is -3.38. The van der Waals surface area contributed by atoms with Gasteiger partial charge in [-0.15, -0.1) is 0 Å². The molecule has 0 heterocycles. The van der Waals surface area contributed by atoms with Crippen molar-refractivity contribution in [2.75, 3.05) is 20.7 Å². The largest absolute Gasteiger partial charge is 0.493 e. The maximum Gasteiger partial charge on any atom is 0.414 e. The summed E-state index contributed by atoms with van der Waals surface area (Å²) in [4.78, 5) is 20.5. The summed E-state index contributed by atoms with van der Waals surface area (Å²) in [6, 6.07) is 23.7. The lowest BCUT2D eigenvalue weighted by Gasteiger charge is -2.25. The number of rotatable bonds is 6. The van der Waals surface area contributed by atoms with E-state index in [0.717, 1.165) is 12.2 Å². The molecule has 0 aliphatic rings. The average Bonchev–Trinajstić information content (AvgIpc) is 2.73. The van der Waals surface area contributed by atoms with Crippen molar-refractivity contribution in [1.29, 1.82) is 0 Å². The summed E-state index contributed by atoms with van der Waals surface area (Å²) in [5.41, 5.74) is 2.62. The number of nitrogens with zero attached hydrogens (tertiary/aromatic N) is 1. The van der Waals surface area contributed by atoms with Gasteiger partial charge in [-0.05, 0) is 43.6 Å². The van der Waals surface area contributed by atoms with Crippen molar-refractivity contribution < 1.29 is 24.5 Å². The zero-order valence-corrected chi connectivity index (χ0v) is 17.4. The highest BCUT2D eigenvalue weighted by Crippen LogP contribution is 2.29. The molecule has 0 aromatic heterocycles. The van der Waals surface area contributed by atoms with Gasteiger partial charge in [0.2, 0.25) is 0 Å². The van der Waals surface area contributed by atoms with Crippen molar-refractivity contribution >= 4 is 22.7 Å². The van der Waals surface area contributed by atoms with E-state index < -0.39 is 11.9 Å². The van der Waals surface area contributed by atoms with Crippen molar-refractivity contribution in [2.45, 2.75) is 19.4 Å². The minimum absolute atomic E-state index is 0.364. The van der Waals surface area contributed by atoms with Crippen LogP contribution in [0.25, 0.3) is 10.8 Å². The van der Waals surface area contributed by atoms with Crippen molar-refractivity contribution in [1.82, 2.24) is 4.90 Å². The van der Waals surface area contributed by atoms with Crippen LogP contribution in [0.15, 0.2) is 66.7 Å². The number of carbonyl (C=O) groups is 2. The van der Waals surface area contributed by atoms with E-state index in [9.17, 15) is 0 Å². The predicted octanol–water partition coefficient (Wildman–Crippen LogP) is 4.38. The van der Waals surface area contributed by atoms with Crippen LogP contribution in [-0.2, 0) is 9.59 Å². The fourth-order valence-corrected chi connectivity index (χ4v) is 3.23. The van der Waals surface area contributed by atoms with Gasteiger partial charge in [-0.25, -0.2) is 9.59 Å². The fraction of sp³-hybridized carbons (Fsp3) is 0.250. The van der Waals surface area contributed by atoms with E-state index in [1.165, 1.54) is 21.9 Å². The number of ether oxygens (including phenoxy) is 1. The van der Waals surface area contributed by atoms with E-state index in [1.807, 2.05) is 0 Å². The third kappa shape index (κ3) is 6.32. The minimum atomic E-state index is -1.82. The lowest BCUT2D eigenvalue weighted by molar-refractivity contribution is -0.159. The summed E-state index contributed by atoms with van der Waals surface area (Å²) >= 11 is 0. The minimum Gasteiger partial charge on any atom is -0.493 e. The van der Waals surface area contributed by atoms with Gasteiger partial charge in [0.05, 0.1) is 6.61 Å². The predicted molar refractivity (Wildman–Crippen MR) is 117 cm³/mol. The lowest BCUT2D eigenvalue weighted by Crippen LogP contribution is -2.22. The van der Waals surface area contributed by atoms with Crippen molar-refractivity contribution in [2.24, 2.45) is 0 Å². The third-order valence-electron chi connectivity index (χ3n) is 4.74. The topological polar surface area (TPSA) is 87.1 Å². The highest BCUT2D eigenvalue weighted by molar-refractivity contribution is 6.27. The second-order valence-electron chi connectivity index (χ2n) is 7.06. The first kappa shape index (κ1) is 22.9. The molecule has 0 radical (unpaired) electrons. The van der Waals surface area contributed by atoms with Gasteiger partial charge in [0.1, 0.15) is 5.75 Å². The monoisotopic (exact) mass is 409 g/mol. The number of carboxylic acid groups (broad SMARTS) is 2. The molecule has 30 heavy (non-hydrogen) atoms. The Morgan fingerprint density at radius 3 is 2.00 bits per heavy atom. The quantitative estimate of drug-likeness (QED) is 0.588. The summed E-state index contributed by atoms with van der Waals surface area (Å²) in [6.07, 6.45) is 0.958. The van der Waals surface area contributed by atoms with Crippen LogP contribution < -0.4 is 4.74 Å². The van der Waals surface area contributed by atoms with Crippen LogP contribution in [-0.4, -0.2) is 47.8 Å². The zero-order valence-electron chi connectivity index (χ0n) is 17.4. The van der Waals surface area contributed by atoms with Crippen LogP contribution >= 0.6 is 0 Å². The van der Waals surface area contributed by atoms with Crippen LogP contribution in [0.4, 0.5) is 0 Å². The molecule has 3 rings (SSSR count). The first-order valence-electron chi connectivity index (χ1n) is 9.60. The molecule has 1 atom stereocenters. The summed E-state index contributed by atoms with van der Waals surface area (Å²) in [5, 5.41) is 17.2. The smallest absolute Gasteiger partial charge is 0.414 e. The van der Waals surface area contributed by atoms with Crippen LogP contribution in [0.3, 0.4) is 0 Å². The highest BCUT2D eigenvalue weighted by Gasteiger charge is 2.14. The van der Waals surface area contributed by atoms with Crippen LogP contribution in [0, 0.1) is 6.92 Å². The SMILES string of the molecule is Cc1ccc(OCCC(c2ccccc2)N(C)C)c2ccccc12.O=C(O)C(=O)O. The Balaban J connectivity index is 0.000000469. The van der Waals surface area contributed by atoms with E-state index in [-0.39, 0.29) is 0 Å². The summed E-state index contributed by atoms with van der Waals surface area (Å²) in [6.45, 7) is 2.84. The van der Waals surface area contributed by atoms with Crippen LogP contribution in [0.2, 0.25) is 0 Å². The fourth-order valence-electron chi connectivity index (χ4n) is 3.23. The Morgan fingerprint density at radius 1 is 0.867 bits per heavy atom. The van der Waals surface area contributed by atoms with E-state index in [2.05, 4.69) is 92.6 Å². The Kier molecular flexibility index (Phi) is 8.38. The van der Waals surface area contributed by atoms with Gasteiger partial charge >= 0.3 is 11.9 Å². The molecule has 0 bridgehead atoms. The summed E-state index contributed by atoms with van der Waals surface area (Å²) < 4.78 is 6.15. The number of hydrogen-bond acceptors (Lipinski definition) is 4. The molecule has 158 valence electrons. The molecular formula is C24H27NO5. The molecule has 0 fully saturated rings. The van der Waals surface area contributed by atoms with Gasteiger partial charge in [-0.3, -0.25) is 0 Å². The molecule has 3 aromatic carbocycles. The van der Waals surface area contributed by atoms with Gasteiger partial charge in [-0.2, -0.15) is 0 Å². The second kappa shape index (κ2) is 11.0. The molecule has 0 saturated carbocycles. The van der Waals surface area contributed by atoms with E-state index in [4.69, 9.17) is 24.5 Å². The normalized spacial score (nSPS) is 11.5. The molecule has 3 aromatic rings. The molecule has 0 spiro atoms. The average molecular weight is 409 g/mol. The third-order valence-corrected chi connectivity index (χ3v) is 4.74. The van der Waals surface area contributed by atoms with Gasteiger partial charge in [0.25, 0.3) is 0 Å². The van der Waals surface area contributed by atoms with E-state index in [0.29, 0.717) is 12.6 Å². The molecule has 0 aliphatic carbocycles. The molecule has 2 N–H and O–H groups in total. The van der Waals surface area contributed by atoms with Crippen molar-refractivity contribution in [3.05, 3.63) is 77.9 Å². The maximum atomic E-state index is 9.10. The number of benzene rings is 3. The molecule has 0 saturated heterocycles. The van der Waals surface area contributed by atoms with Gasteiger partial charge in [0.15, 0.2) is 0 Å². The number of carboxylic acids is 2. The van der Waals surface area contributed by atoms with E-state index >= 15 is 0 Å². The molecule has 6 heteroatoms. The van der Waals surface area contributed by atoms with Gasteiger partial charge in [-0.1, -0.05) is 60.7 Å². The Bertz CT molecular complexity index is 973. The molecular weight excluding hydrogens is 382 g/mol. The van der Waals surface area contributed by atoms with Crippen LogP contribution in [0.5, 0.6) is 5.75 Å². The highest BCUT2D eigenvalue weighted by atomic mass is 16.5. The summed E-state index contributed by atoms with van der Waals surface area (Å²) in [7, 11) is 4.25. The van der Waals surface area contributed by atoms with Crippen LogP contribution in [0.1, 0.15) is 23.6 Å². The Labute approximate surface area is 176 Å². The van der Waals surface area contributed by atoms with Crippen molar-refractivity contribution in [3.63, 3.8) is 0 Å². The molecule has 1 unspecified atom stereocenters. The molecule has 0 amide bonds. The first-order chi connectivity index (χ1) is 14.3. The van der Waals surface area contributed by atoms with E-state index in [1.54, 1.807) is 0 Å². The molecule has 0 aliphatic heterocycles. The van der Waals surface area contributed by atoms with Crippen molar-refractivity contribution in [3.8, 4) is 5.75 Å². The number of hydrogen-bond donors (Lipinski definition) is 2. The number of aliphatic carboxylic acids is 2. The second-order valence-corrected chi connectivity index (χ2v) is 7.06. The number of aryl methyl sites for hydroxylation is 1. The Morgan fingerprint density at radius 2 is 1.43 bits per heavy atom. The standard InChI is InChI=1S/C22H25NO.C2H2O4/c1-17-13-14-22(20-12-8-7-11-19(17)20)24-16-15-21(23(2)3)18-9-5-4-6-10-18;3-1(4)2(5)6/h4-14,21H,15-16H2,1-3H3;(H,3,4)(H,5,6). The summed E-state index contributed by atoms with van der Waals surface area (Å²) in [5.74, 6) is -2.67. The number of fused-ring (bicyclic) bond motifs is 1. The van der Waals surface area contributed by atoms with Gasteiger partial charge in [0, 0.05) is 17.8 Å². The zero-order chi connectivity index (χ0) is 22.1. The maximum absolute atomic E-state index is 9.10. The lowest BCUT2D eigenvalue weighted by atomic mass is 10.0.